The monoisotopic (exact) mass is 554 g/mol. The minimum atomic E-state index is 0.717. The van der Waals surface area contributed by atoms with E-state index in [1.165, 1.54) is 25.7 Å². The van der Waals surface area contributed by atoms with Gasteiger partial charge in [-0.3, -0.25) is 0 Å². The number of nitrogens with zero attached hydrogens (tertiary/aromatic N) is 7. The fraction of sp³-hybridized carbons (Fsp3) is 0.462. The van der Waals surface area contributed by atoms with Gasteiger partial charge in [0.25, 0.3) is 0 Å². The van der Waals surface area contributed by atoms with E-state index in [-0.39, 0.29) is 0 Å². The van der Waals surface area contributed by atoms with E-state index in [2.05, 4.69) is 31.0 Å². The fourth-order valence-corrected chi connectivity index (χ4v) is 6.32. The lowest BCUT2D eigenvalue weighted by Crippen LogP contribution is -2.50. The third kappa shape index (κ3) is 5.61. The second kappa shape index (κ2) is 11.0. The molecule has 3 aliphatic rings. The fourth-order valence-electron chi connectivity index (χ4n) is 5.13. The summed E-state index contributed by atoms with van der Waals surface area (Å²) in [6.45, 7) is 7.67. The van der Waals surface area contributed by atoms with Crippen molar-refractivity contribution in [2.24, 2.45) is 0 Å². The van der Waals surface area contributed by atoms with E-state index in [0.29, 0.717) is 0 Å². The van der Waals surface area contributed by atoms with Crippen LogP contribution >= 0.6 is 35.2 Å². The first-order valence-corrected chi connectivity index (χ1v) is 14.7. The van der Waals surface area contributed by atoms with Gasteiger partial charge in [0.15, 0.2) is 10.2 Å². The summed E-state index contributed by atoms with van der Waals surface area (Å²) in [5.41, 5.74) is 1.96. The lowest BCUT2D eigenvalue weighted by molar-refractivity contribution is 0.389. The zero-order valence-electron chi connectivity index (χ0n) is 20.8. The largest absolute Gasteiger partial charge is 0.356 e. The van der Waals surface area contributed by atoms with Crippen molar-refractivity contribution in [1.29, 1.82) is 0 Å². The number of thiazole rings is 1. The van der Waals surface area contributed by atoms with Crippen molar-refractivity contribution in [3.63, 3.8) is 0 Å². The zero-order chi connectivity index (χ0) is 25.2. The number of hydrogen-bond donors (Lipinski definition) is 1. The number of piperazine rings is 1. The smallest absolute Gasteiger partial charge is 0.229 e. The molecule has 8 nitrogen and oxygen atoms in total. The van der Waals surface area contributed by atoms with Crippen LogP contribution in [0.4, 0.5) is 22.7 Å². The molecular formula is C26H31ClN8S2. The molecule has 194 valence electrons. The molecule has 0 aliphatic carbocycles. The van der Waals surface area contributed by atoms with Crippen LogP contribution in [-0.2, 0) is 0 Å². The molecule has 1 aromatic carbocycles. The van der Waals surface area contributed by atoms with Crippen molar-refractivity contribution >= 4 is 63.0 Å². The van der Waals surface area contributed by atoms with Gasteiger partial charge in [-0.25, -0.2) is 4.98 Å². The van der Waals surface area contributed by atoms with Crippen molar-refractivity contribution in [2.75, 3.05) is 72.4 Å². The Kier molecular flexibility index (Phi) is 7.30. The highest BCUT2D eigenvalue weighted by atomic mass is 35.5. The number of benzene rings is 1. The second-order valence-electron chi connectivity index (χ2n) is 9.72. The SMILES string of the molecule is S=C(Nc1nc(-c2ccc(Cl)cc2)cs1)N1CCN(c2cc(N3CCCC3)nc(N3CCCC3)n2)CC1. The Balaban J connectivity index is 1.10. The Bertz CT molecular complexity index is 1200. The Morgan fingerprint density at radius 3 is 2.03 bits per heavy atom. The van der Waals surface area contributed by atoms with Gasteiger partial charge in [0.1, 0.15) is 11.6 Å². The van der Waals surface area contributed by atoms with Crippen LogP contribution in [0.1, 0.15) is 25.7 Å². The molecule has 11 heteroatoms. The van der Waals surface area contributed by atoms with Gasteiger partial charge < -0.3 is 24.9 Å². The van der Waals surface area contributed by atoms with Crippen LogP contribution in [0.2, 0.25) is 5.02 Å². The number of anilines is 4. The first kappa shape index (κ1) is 24.6. The van der Waals surface area contributed by atoms with Crippen molar-refractivity contribution in [1.82, 2.24) is 19.9 Å². The predicted molar refractivity (Wildman–Crippen MR) is 157 cm³/mol. The molecule has 37 heavy (non-hydrogen) atoms. The lowest BCUT2D eigenvalue weighted by atomic mass is 10.2. The zero-order valence-corrected chi connectivity index (χ0v) is 23.2. The third-order valence-corrected chi connectivity index (χ3v) is 8.63. The molecule has 3 fully saturated rings. The molecule has 0 saturated carbocycles. The molecule has 6 rings (SSSR count). The number of rotatable bonds is 5. The molecule has 2 aromatic heterocycles. The molecule has 5 heterocycles. The summed E-state index contributed by atoms with van der Waals surface area (Å²) >= 11 is 13.3. The third-order valence-electron chi connectivity index (χ3n) is 7.26. The van der Waals surface area contributed by atoms with Gasteiger partial charge in [-0.2, -0.15) is 9.97 Å². The predicted octanol–water partition coefficient (Wildman–Crippen LogP) is 4.97. The molecule has 3 aliphatic heterocycles. The van der Waals surface area contributed by atoms with Gasteiger partial charge in [-0.05, 0) is 50.0 Å². The van der Waals surface area contributed by atoms with Crippen molar-refractivity contribution in [3.05, 3.63) is 40.7 Å². The second-order valence-corrected chi connectivity index (χ2v) is 11.4. The molecule has 0 bridgehead atoms. The van der Waals surface area contributed by atoms with Gasteiger partial charge in [-0.1, -0.05) is 23.7 Å². The van der Waals surface area contributed by atoms with Gasteiger partial charge in [0, 0.05) is 74.4 Å². The van der Waals surface area contributed by atoms with E-state index in [9.17, 15) is 0 Å². The molecule has 3 aromatic rings. The van der Waals surface area contributed by atoms with E-state index in [0.717, 1.165) is 96.5 Å². The Morgan fingerprint density at radius 2 is 1.38 bits per heavy atom. The van der Waals surface area contributed by atoms with Crippen molar-refractivity contribution in [3.8, 4) is 11.3 Å². The molecule has 0 radical (unpaired) electrons. The standard InChI is InChI=1S/C26H31ClN8S2/c27-20-7-5-19(6-8-20)21-18-37-25(28-21)31-26(36)35-15-13-33(14-16-35)23-17-22(32-9-1-2-10-32)29-24(30-23)34-11-3-4-12-34/h5-8,17-18H,1-4,9-16H2,(H,28,31,36). The Hall–Kier alpha value is -2.69. The quantitative estimate of drug-likeness (QED) is 0.440. The minimum absolute atomic E-state index is 0.717. The highest BCUT2D eigenvalue weighted by Gasteiger charge is 2.25. The van der Waals surface area contributed by atoms with Crippen LogP contribution in [0.25, 0.3) is 11.3 Å². The van der Waals surface area contributed by atoms with Crippen LogP contribution in [0, 0.1) is 0 Å². The molecule has 0 unspecified atom stereocenters. The molecule has 0 atom stereocenters. The molecule has 0 amide bonds. The normalized spacial score (nSPS) is 18.1. The van der Waals surface area contributed by atoms with Gasteiger partial charge in [-0.15, -0.1) is 11.3 Å². The van der Waals surface area contributed by atoms with E-state index >= 15 is 0 Å². The number of nitrogens with one attached hydrogen (secondary N) is 1. The number of aromatic nitrogens is 3. The number of hydrogen-bond acceptors (Lipinski definition) is 8. The maximum Gasteiger partial charge on any atom is 0.229 e. The van der Waals surface area contributed by atoms with E-state index in [4.69, 9.17) is 38.8 Å². The number of thiocarbonyl (C=S) groups is 1. The summed E-state index contributed by atoms with van der Waals surface area (Å²) < 4.78 is 0. The summed E-state index contributed by atoms with van der Waals surface area (Å²) in [5.74, 6) is 2.99. The van der Waals surface area contributed by atoms with E-state index < -0.39 is 0 Å². The summed E-state index contributed by atoms with van der Waals surface area (Å²) in [4.78, 5) is 24.0. The van der Waals surface area contributed by atoms with Crippen LogP contribution in [0.15, 0.2) is 35.7 Å². The van der Waals surface area contributed by atoms with E-state index in [1.807, 2.05) is 29.6 Å². The Morgan fingerprint density at radius 1 is 0.784 bits per heavy atom. The van der Waals surface area contributed by atoms with Crippen LogP contribution in [0.3, 0.4) is 0 Å². The average molecular weight is 555 g/mol. The lowest BCUT2D eigenvalue weighted by Gasteiger charge is -2.37. The topological polar surface area (TPSA) is 63.7 Å². The summed E-state index contributed by atoms with van der Waals surface area (Å²) in [6, 6.07) is 9.91. The maximum atomic E-state index is 6.02. The number of halogens is 1. The van der Waals surface area contributed by atoms with Gasteiger partial charge in [0.2, 0.25) is 5.95 Å². The first-order chi connectivity index (χ1) is 18.1. The summed E-state index contributed by atoms with van der Waals surface area (Å²) in [6.07, 6.45) is 4.91. The highest BCUT2D eigenvalue weighted by Crippen LogP contribution is 2.29. The average Bonchev–Trinajstić information content (AvgIpc) is 3.72. The minimum Gasteiger partial charge on any atom is -0.356 e. The summed E-state index contributed by atoms with van der Waals surface area (Å²) in [5, 5.41) is 7.62. The Labute approximate surface area is 232 Å². The van der Waals surface area contributed by atoms with Crippen molar-refractivity contribution < 1.29 is 0 Å². The summed E-state index contributed by atoms with van der Waals surface area (Å²) in [7, 11) is 0. The first-order valence-electron chi connectivity index (χ1n) is 13.0. The van der Waals surface area contributed by atoms with Gasteiger partial charge >= 0.3 is 0 Å². The molecular weight excluding hydrogens is 524 g/mol. The van der Waals surface area contributed by atoms with Crippen LogP contribution < -0.4 is 20.0 Å². The van der Waals surface area contributed by atoms with Crippen LogP contribution in [-0.4, -0.2) is 77.3 Å². The molecule has 1 N–H and O–H groups in total. The molecule has 0 spiro atoms. The maximum absolute atomic E-state index is 6.02. The highest BCUT2D eigenvalue weighted by molar-refractivity contribution is 7.80. The van der Waals surface area contributed by atoms with E-state index in [1.54, 1.807) is 11.3 Å². The van der Waals surface area contributed by atoms with Gasteiger partial charge in [0.05, 0.1) is 5.69 Å². The van der Waals surface area contributed by atoms with Crippen LogP contribution in [0.5, 0.6) is 0 Å². The van der Waals surface area contributed by atoms with Crippen molar-refractivity contribution in [2.45, 2.75) is 25.7 Å². The molecule has 3 saturated heterocycles.